The number of ether oxygens (including phenoxy) is 3. The Morgan fingerprint density at radius 3 is 2.77 bits per heavy atom. The monoisotopic (exact) mass is 311 g/mol. The standard InChI is InChI=1S/C16H25NO5/c1-15(2,3)22-14(18)17-9-8-16(4,21-11-19-5)13(17)12-7-6-10-20-12/h6-7,10,13H,8-9,11H2,1-5H3/t13-,16-/m1/s1. The number of methoxy groups -OCH3 is 1. The Hall–Kier alpha value is -1.53. The number of amides is 1. The minimum Gasteiger partial charge on any atom is -0.467 e. The van der Waals surface area contributed by atoms with Crippen molar-refractivity contribution in [1.82, 2.24) is 4.90 Å². The van der Waals surface area contributed by atoms with Gasteiger partial charge in [-0.15, -0.1) is 0 Å². The molecule has 1 fully saturated rings. The van der Waals surface area contributed by atoms with Crippen LogP contribution in [-0.4, -0.2) is 42.6 Å². The molecule has 2 rings (SSSR count). The van der Waals surface area contributed by atoms with Gasteiger partial charge in [0.2, 0.25) is 0 Å². The lowest BCUT2D eigenvalue weighted by Crippen LogP contribution is -2.42. The topological polar surface area (TPSA) is 61.1 Å². The molecule has 6 nitrogen and oxygen atoms in total. The molecule has 1 aromatic rings. The van der Waals surface area contributed by atoms with E-state index in [1.165, 1.54) is 0 Å². The number of nitrogens with zero attached hydrogens (tertiary/aromatic N) is 1. The molecule has 0 spiro atoms. The van der Waals surface area contributed by atoms with E-state index in [1.807, 2.05) is 33.8 Å². The number of carbonyl (C=O) groups is 1. The third-order valence-corrected chi connectivity index (χ3v) is 3.69. The number of hydrogen-bond donors (Lipinski definition) is 0. The fourth-order valence-electron chi connectivity index (χ4n) is 2.70. The highest BCUT2D eigenvalue weighted by atomic mass is 16.7. The van der Waals surface area contributed by atoms with Crippen LogP contribution in [-0.2, 0) is 14.2 Å². The van der Waals surface area contributed by atoms with Crippen LogP contribution in [0.1, 0.15) is 45.9 Å². The van der Waals surface area contributed by atoms with Gasteiger partial charge in [0.05, 0.1) is 11.9 Å². The van der Waals surface area contributed by atoms with E-state index in [0.29, 0.717) is 18.7 Å². The number of likely N-dealkylation sites (tertiary alicyclic amines) is 1. The average Bonchev–Trinajstić information content (AvgIpc) is 3.01. The zero-order valence-corrected chi connectivity index (χ0v) is 13.9. The molecule has 0 aliphatic carbocycles. The summed E-state index contributed by atoms with van der Waals surface area (Å²) in [5, 5.41) is 0. The van der Waals surface area contributed by atoms with Crippen LogP contribution >= 0.6 is 0 Å². The maximum Gasteiger partial charge on any atom is 0.411 e. The summed E-state index contributed by atoms with van der Waals surface area (Å²) in [5.74, 6) is 0.682. The average molecular weight is 311 g/mol. The summed E-state index contributed by atoms with van der Waals surface area (Å²) in [6, 6.07) is 3.31. The van der Waals surface area contributed by atoms with Crippen molar-refractivity contribution in [1.29, 1.82) is 0 Å². The van der Waals surface area contributed by atoms with E-state index in [1.54, 1.807) is 24.3 Å². The second-order valence-electron chi connectivity index (χ2n) is 6.71. The summed E-state index contributed by atoms with van der Waals surface area (Å²) in [4.78, 5) is 14.2. The Kier molecular flexibility index (Phi) is 4.82. The van der Waals surface area contributed by atoms with Crippen molar-refractivity contribution in [3.8, 4) is 0 Å². The van der Waals surface area contributed by atoms with Crippen LogP contribution < -0.4 is 0 Å². The molecule has 2 atom stereocenters. The van der Waals surface area contributed by atoms with Gasteiger partial charge in [0.15, 0.2) is 0 Å². The summed E-state index contributed by atoms with van der Waals surface area (Å²) in [7, 11) is 1.58. The maximum atomic E-state index is 12.5. The molecule has 0 saturated carbocycles. The lowest BCUT2D eigenvalue weighted by atomic mass is 9.95. The number of hydrogen-bond acceptors (Lipinski definition) is 5. The molecule has 0 radical (unpaired) electrons. The van der Waals surface area contributed by atoms with Crippen LogP contribution in [0, 0.1) is 0 Å². The largest absolute Gasteiger partial charge is 0.467 e. The lowest BCUT2D eigenvalue weighted by molar-refractivity contribution is -0.137. The molecule has 1 aliphatic rings. The highest BCUT2D eigenvalue weighted by Crippen LogP contribution is 2.43. The van der Waals surface area contributed by atoms with Crippen LogP contribution in [0.4, 0.5) is 4.79 Å². The third-order valence-electron chi connectivity index (χ3n) is 3.69. The molecule has 124 valence electrons. The van der Waals surface area contributed by atoms with Crippen molar-refractivity contribution in [2.75, 3.05) is 20.4 Å². The van der Waals surface area contributed by atoms with Crippen LogP contribution in [0.25, 0.3) is 0 Å². The molecule has 1 aliphatic heterocycles. The van der Waals surface area contributed by atoms with Gasteiger partial charge < -0.3 is 18.6 Å². The highest BCUT2D eigenvalue weighted by molar-refractivity contribution is 5.69. The van der Waals surface area contributed by atoms with Gasteiger partial charge in [-0.3, -0.25) is 4.90 Å². The number of furan rings is 1. The molecular formula is C16H25NO5. The molecule has 1 aromatic heterocycles. The van der Waals surface area contributed by atoms with Crippen molar-refractivity contribution in [2.45, 2.75) is 51.4 Å². The Morgan fingerprint density at radius 1 is 1.50 bits per heavy atom. The molecule has 0 aromatic carbocycles. The lowest BCUT2D eigenvalue weighted by Gasteiger charge is -2.34. The van der Waals surface area contributed by atoms with Gasteiger partial charge in [-0.25, -0.2) is 4.79 Å². The zero-order valence-electron chi connectivity index (χ0n) is 13.9. The summed E-state index contributed by atoms with van der Waals surface area (Å²) in [5.41, 5.74) is -1.12. The van der Waals surface area contributed by atoms with Crippen LogP contribution in [0.5, 0.6) is 0 Å². The van der Waals surface area contributed by atoms with E-state index >= 15 is 0 Å². The molecule has 0 N–H and O–H groups in total. The van der Waals surface area contributed by atoms with Crippen LogP contribution in [0.2, 0.25) is 0 Å². The first-order valence-electron chi connectivity index (χ1n) is 7.43. The minimum absolute atomic E-state index is 0.163. The van der Waals surface area contributed by atoms with Crippen molar-refractivity contribution >= 4 is 6.09 Å². The van der Waals surface area contributed by atoms with Crippen molar-refractivity contribution in [2.24, 2.45) is 0 Å². The van der Waals surface area contributed by atoms with Gasteiger partial charge in [-0.2, -0.15) is 0 Å². The quantitative estimate of drug-likeness (QED) is 0.798. The van der Waals surface area contributed by atoms with E-state index in [0.717, 1.165) is 0 Å². The van der Waals surface area contributed by atoms with Gasteiger partial charge in [0.25, 0.3) is 0 Å². The Bertz CT molecular complexity index is 493. The number of rotatable bonds is 4. The van der Waals surface area contributed by atoms with E-state index in [2.05, 4.69) is 0 Å². The second kappa shape index (κ2) is 6.30. The van der Waals surface area contributed by atoms with Crippen molar-refractivity contribution in [3.05, 3.63) is 24.2 Å². The van der Waals surface area contributed by atoms with E-state index in [4.69, 9.17) is 18.6 Å². The fourth-order valence-corrected chi connectivity index (χ4v) is 2.70. The molecule has 22 heavy (non-hydrogen) atoms. The molecule has 2 heterocycles. The summed E-state index contributed by atoms with van der Waals surface area (Å²) in [6.45, 7) is 8.22. The Morgan fingerprint density at radius 2 is 2.23 bits per heavy atom. The first-order valence-corrected chi connectivity index (χ1v) is 7.43. The first-order chi connectivity index (χ1) is 10.3. The Labute approximate surface area is 131 Å². The SMILES string of the molecule is COCO[C@]1(C)CCN(C(=O)OC(C)(C)C)[C@@H]1c1ccco1. The predicted molar refractivity (Wildman–Crippen MR) is 80.4 cm³/mol. The van der Waals surface area contributed by atoms with Gasteiger partial charge in [0.1, 0.15) is 24.2 Å². The normalized spacial score (nSPS) is 25.5. The van der Waals surface area contributed by atoms with E-state index < -0.39 is 11.2 Å². The summed E-state index contributed by atoms with van der Waals surface area (Å²) < 4.78 is 21.9. The third kappa shape index (κ3) is 3.62. The first kappa shape index (κ1) is 16.8. The molecule has 6 heteroatoms. The van der Waals surface area contributed by atoms with Crippen molar-refractivity contribution in [3.63, 3.8) is 0 Å². The molecule has 0 unspecified atom stereocenters. The van der Waals surface area contributed by atoms with Gasteiger partial charge in [-0.1, -0.05) is 0 Å². The maximum absolute atomic E-state index is 12.5. The van der Waals surface area contributed by atoms with Gasteiger partial charge in [0, 0.05) is 13.7 Å². The molecule has 0 bridgehead atoms. The summed E-state index contributed by atoms with van der Waals surface area (Å²) in [6.07, 6.45) is 1.91. The van der Waals surface area contributed by atoms with Gasteiger partial charge in [-0.05, 0) is 46.2 Å². The van der Waals surface area contributed by atoms with Gasteiger partial charge >= 0.3 is 6.09 Å². The Balaban J connectivity index is 2.25. The van der Waals surface area contributed by atoms with E-state index in [9.17, 15) is 4.79 Å². The van der Waals surface area contributed by atoms with Crippen LogP contribution in [0.3, 0.4) is 0 Å². The van der Waals surface area contributed by atoms with Crippen LogP contribution in [0.15, 0.2) is 22.8 Å². The number of carbonyl (C=O) groups excluding carboxylic acids is 1. The van der Waals surface area contributed by atoms with E-state index in [-0.39, 0.29) is 18.9 Å². The smallest absolute Gasteiger partial charge is 0.411 e. The minimum atomic E-state index is -0.579. The highest BCUT2D eigenvalue weighted by Gasteiger charge is 2.50. The summed E-state index contributed by atoms with van der Waals surface area (Å²) >= 11 is 0. The molecule has 1 amide bonds. The predicted octanol–water partition coefficient (Wildman–Crippen LogP) is 3.34. The fraction of sp³-hybridized carbons (Fsp3) is 0.688. The molecule has 1 saturated heterocycles. The zero-order chi connectivity index (χ0) is 16.4. The second-order valence-corrected chi connectivity index (χ2v) is 6.71. The molecular weight excluding hydrogens is 286 g/mol. The van der Waals surface area contributed by atoms with Crippen molar-refractivity contribution < 1.29 is 23.4 Å².